The summed E-state index contributed by atoms with van der Waals surface area (Å²) in [4.78, 5) is 14.8. The standard InChI is InChI=1S/C20H19BrN2O3S/c1-3-25-18(24)16-17-14-11-12(21)9-10-15(14)26-20(16,2)23(19(27)22-17)13-7-5-4-6-8-13/h4-11,16-17H,3H2,1-2H3,(H,22,27)/t16-,17+,20-/m1/s1. The van der Waals surface area contributed by atoms with Gasteiger partial charge in [-0.15, -0.1) is 0 Å². The Morgan fingerprint density at radius 3 is 2.78 bits per heavy atom. The Morgan fingerprint density at radius 2 is 2.07 bits per heavy atom. The minimum Gasteiger partial charge on any atom is -0.466 e. The first-order valence-electron chi connectivity index (χ1n) is 8.76. The topological polar surface area (TPSA) is 50.8 Å². The van der Waals surface area contributed by atoms with Crippen molar-refractivity contribution in [1.29, 1.82) is 0 Å². The second-order valence-electron chi connectivity index (χ2n) is 6.67. The summed E-state index contributed by atoms with van der Waals surface area (Å²) in [6.45, 7) is 4.00. The van der Waals surface area contributed by atoms with Crippen LogP contribution in [0.3, 0.4) is 0 Å². The number of benzene rings is 2. The van der Waals surface area contributed by atoms with E-state index in [9.17, 15) is 4.79 Å². The highest BCUT2D eigenvalue weighted by atomic mass is 79.9. The van der Waals surface area contributed by atoms with Crippen molar-refractivity contribution < 1.29 is 14.3 Å². The van der Waals surface area contributed by atoms with Crippen LogP contribution in [-0.4, -0.2) is 23.4 Å². The van der Waals surface area contributed by atoms with Gasteiger partial charge in [-0.2, -0.15) is 0 Å². The third-order valence-corrected chi connectivity index (χ3v) is 5.81. The number of esters is 1. The molecule has 2 aromatic carbocycles. The molecule has 1 N–H and O–H groups in total. The molecule has 4 rings (SSSR count). The zero-order valence-electron chi connectivity index (χ0n) is 14.9. The molecule has 1 fully saturated rings. The van der Waals surface area contributed by atoms with E-state index in [-0.39, 0.29) is 12.0 Å². The van der Waals surface area contributed by atoms with E-state index in [1.807, 2.05) is 60.4 Å². The molecule has 0 amide bonds. The summed E-state index contributed by atoms with van der Waals surface area (Å²) in [5.74, 6) is -0.181. The van der Waals surface area contributed by atoms with Crippen LogP contribution >= 0.6 is 28.1 Å². The molecule has 27 heavy (non-hydrogen) atoms. The summed E-state index contributed by atoms with van der Waals surface area (Å²) in [6, 6.07) is 15.2. The van der Waals surface area contributed by atoms with Crippen LogP contribution in [-0.2, 0) is 9.53 Å². The fourth-order valence-electron chi connectivity index (χ4n) is 3.91. The fourth-order valence-corrected chi connectivity index (χ4v) is 4.71. The molecule has 5 nitrogen and oxygen atoms in total. The highest BCUT2D eigenvalue weighted by molar-refractivity contribution is 9.10. The number of para-hydroxylation sites is 1. The van der Waals surface area contributed by atoms with Crippen molar-refractivity contribution in [3.63, 3.8) is 0 Å². The van der Waals surface area contributed by atoms with Crippen LogP contribution in [0.4, 0.5) is 5.69 Å². The van der Waals surface area contributed by atoms with Crippen molar-refractivity contribution in [2.45, 2.75) is 25.6 Å². The molecule has 0 spiro atoms. The van der Waals surface area contributed by atoms with E-state index in [1.54, 1.807) is 6.92 Å². The summed E-state index contributed by atoms with van der Waals surface area (Å²) < 4.78 is 12.8. The average Bonchev–Trinajstić information content (AvgIpc) is 2.63. The zero-order valence-corrected chi connectivity index (χ0v) is 17.3. The molecule has 2 heterocycles. The zero-order chi connectivity index (χ0) is 19.2. The molecule has 2 aliphatic heterocycles. The van der Waals surface area contributed by atoms with Crippen molar-refractivity contribution >= 4 is 44.9 Å². The number of nitrogens with one attached hydrogen (secondary N) is 1. The number of ether oxygens (including phenoxy) is 2. The van der Waals surface area contributed by atoms with E-state index in [0.29, 0.717) is 11.7 Å². The van der Waals surface area contributed by atoms with Gasteiger partial charge in [-0.25, -0.2) is 0 Å². The number of carbonyl (C=O) groups is 1. The predicted octanol–water partition coefficient (Wildman–Crippen LogP) is 4.17. The van der Waals surface area contributed by atoms with E-state index >= 15 is 0 Å². The summed E-state index contributed by atoms with van der Waals surface area (Å²) in [6.07, 6.45) is 0. The Bertz CT molecular complexity index is 907. The van der Waals surface area contributed by atoms with E-state index in [2.05, 4.69) is 21.2 Å². The lowest BCUT2D eigenvalue weighted by Crippen LogP contribution is -2.71. The van der Waals surface area contributed by atoms with Crippen molar-refractivity contribution in [2.24, 2.45) is 5.92 Å². The number of halogens is 1. The van der Waals surface area contributed by atoms with Gasteiger partial charge in [-0.05, 0) is 56.4 Å². The largest absolute Gasteiger partial charge is 0.466 e. The first kappa shape index (κ1) is 18.3. The first-order chi connectivity index (χ1) is 13.0. The Morgan fingerprint density at radius 1 is 1.33 bits per heavy atom. The second-order valence-corrected chi connectivity index (χ2v) is 7.97. The molecular formula is C20H19BrN2O3S. The highest BCUT2D eigenvalue weighted by Crippen LogP contribution is 2.50. The molecule has 0 radical (unpaired) electrons. The summed E-state index contributed by atoms with van der Waals surface area (Å²) in [5, 5.41) is 3.86. The Balaban J connectivity index is 1.90. The summed E-state index contributed by atoms with van der Waals surface area (Å²) in [5.41, 5.74) is 0.724. The summed E-state index contributed by atoms with van der Waals surface area (Å²) in [7, 11) is 0. The van der Waals surface area contributed by atoms with Crippen molar-refractivity contribution in [1.82, 2.24) is 5.32 Å². The highest BCUT2D eigenvalue weighted by Gasteiger charge is 2.59. The van der Waals surface area contributed by atoms with Gasteiger partial charge in [0.2, 0.25) is 5.72 Å². The van der Waals surface area contributed by atoms with Crippen molar-refractivity contribution in [3.05, 3.63) is 58.6 Å². The van der Waals surface area contributed by atoms with Crippen LogP contribution in [0.1, 0.15) is 25.5 Å². The number of nitrogens with zero attached hydrogens (tertiary/aromatic N) is 1. The van der Waals surface area contributed by atoms with E-state index in [0.717, 1.165) is 21.5 Å². The minimum absolute atomic E-state index is 0.305. The Labute approximate surface area is 171 Å². The first-order valence-corrected chi connectivity index (χ1v) is 9.96. The third kappa shape index (κ3) is 2.89. The van der Waals surface area contributed by atoms with Gasteiger partial charge in [0.15, 0.2) is 5.11 Å². The molecule has 2 aliphatic rings. The number of carbonyl (C=O) groups excluding carboxylic acids is 1. The maximum absolute atomic E-state index is 13.0. The number of thiocarbonyl (C=S) groups is 1. The van der Waals surface area contributed by atoms with Crippen LogP contribution in [0.25, 0.3) is 0 Å². The van der Waals surface area contributed by atoms with Crippen molar-refractivity contribution in [2.75, 3.05) is 11.5 Å². The maximum Gasteiger partial charge on any atom is 0.317 e. The molecule has 0 unspecified atom stereocenters. The lowest BCUT2D eigenvalue weighted by molar-refractivity contribution is -0.159. The van der Waals surface area contributed by atoms with Crippen LogP contribution in [0, 0.1) is 5.92 Å². The molecule has 0 aromatic heterocycles. The number of hydrogen-bond acceptors (Lipinski definition) is 4. The molecular weight excluding hydrogens is 428 g/mol. The molecule has 7 heteroatoms. The quantitative estimate of drug-likeness (QED) is 0.563. The molecule has 2 aromatic rings. The molecule has 3 atom stereocenters. The average molecular weight is 447 g/mol. The molecule has 1 saturated heterocycles. The van der Waals surface area contributed by atoms with Gasteiger partial charge >= 0.3 is 5.97 Å². The normalized spacial score (nSPS) is 25.9. The lowest BCUT2D eigenvalue weighted by Gasteiger charge is -2.55. The van der Waals surface area contributed by atoms with Gasteiger partial charge in [0, 0.05) is 15.7 Å². The van der Waals surface area contributed by atoms with Crippen LogP contribution in [0.2, 0.25) is 0 Å². The smallest absolute Gasteiger partial charge is 0.317 e. The third-order valence-electron chi connectivity index (χ3n) is 5.01. The second kappa shape index (κ2) is 6.80. The van der Waals surface area contributed by atoms with Gasteiger partial charge in [-0.1, -0.05) is 34.1 Å². The fraction of sp³-hybridized carbons (Fsp3) is 0.300. The van der Waals surface area contributed by atoms with Crippen molar-refractivity contribution in [3.8, 4) is 5.75 Å². The Hall–Kier alpha value is -2.12. The molecule has 0 aliphatic carbocycles. The summed E-state index contributed by atoms with van der Waals surface area (Å²) >= 11 is 9.17. The van der Waals surface area contributed by atoms with E-state index in [4.69, 9.17) is 21.7 Å². The molecule has 2 bridgehead atoms. The number of fused-ring (bicyclic) bond motifs is 4. The van der Waals surface area contributed by atoms with Gasteiger partial charge in [-0.3, -0.25) is 9.69 Å². The molecule has 0 saturated carbocycles. The van der Waals surface area contributed by atoms with Gasteiger partial charge in [0.25, 0.3) is 0 Å². The Kier molecular flexibility index (Phi) is 4.60. The minimum atomic E-state index is -1.01. The van der Waals surface area contributed by atoms with Gasteiger partial charge in [0.1, 0.15) is 11.7 Å². The lowest BCUT2D eigenvalue weighted by atomic mass is 9.79. The SMILES string of the molecule is CCOC(=O)[C@H]1[C@H]2NC(=S)N(c3ccccc3)[C@]1(C)Oc1ccc(Br)cc12. The van der Waals surface area contributed by atoms with Crippen LogP contribution in [0.15, 0.2) is 53.0 Å². The van der Waals surface area contributed by atoms with Gasteiger partial charge in [0.05, 0.1) is 12.6 Å². The van der Waals surface area contributed by atoms with Crippen LogP contribution < -0.4 is 15.0 Å². The predicted molar refractivity (Wildman–Crippen MR) is 111 cm³/mol. The van der Waals surface area contributed by atoms with E-state index < -0.39 is 11.6 Å². The number of hydrogen-bond donors (Lipinski definition) is 1. The van der Waals surface area contributed by atoms with Gasteiger partial charge < -0.3 is 14.8 Å². The maximum atomic E-state index is 13.0. The van der Waals surface area contributed by atoms with E-state index in [1.165, 1.54) is 0 Å². The monoisotopic (exact) mass is 446 g/mol. The molecule has 140 valence electrons. The number of rotatable bonds is 3. The number of anilines is 1. The van der Waals surface area contributed by atoms with Crippen LogP contribution in [0.5, 0.6) is 5.75 Å².